The summed E-state index contributed by atoms with van der Waals surface area (Å²) in [5.74, 6) is 1.64. The van der Waals surface area contributed by atoms with Crippen LogP contribution in [0.3, 0.4) is 0 Å². The first-order chi connectivity index (χ1) is 9.31. The molecule has 0 bridgehead atoms. The van der Waals surface area contributed by atoms with Crippen molar-refractivity contribution >= 4 is 34.7 Å². The molecular formula is C15H16ClNS2. The van der Waals surface area contributed by atoms with Crippen LogP contribution in [0.25, 0.3) is 0 Å². The Balaban J connectivity index is 1.96. The third-order valence-electron chi connectivity index (χ3n) is 3.49. The highest BCUT2D eigenvalue weighted by molar-refractivity contribution is 7.99. The normalized spacial score (nSPS) is 19.4. The molecule has 1 aliphatic heterocycles. The zero-order valence-electron chi connectivity index (χ0n) is 10.7. The summed E-state index contributed by atoms with van der Waals surface area (Å²) in [6, 6.07) is 11.1. The van der Waals surface area contributed by atoms with Gasteiger partial charge in [0.05, 0.1) is 11.1 Å². The average molecular weight is 310 g/mol. The second kappa shape index (κ2) is 5.88. The first-order valence-electron chi connectivity index (χ1n) is 6.49. The summed E-state index contributed by atoms with van der Waals surface area (Å²) in [5, 5.41) is 6.59. The number of fused-ring (bicyclic) bond motifs is 1. The number of thiophene rings is 1. The third kappa shape index (κ3) is 2.57. The molecule has 0 fully saturated rings. The lowest BCUT2D eigenvalue weighted by molar-refractivity contribution is 0.492. The van der Waals surface area contributed by atoms with Crippen molar-refractivity contribution in [2.45, 2.75) is 23.8 Å². The lowest BCUT2D eigenvalue weighted by atomic mass is 9.92. The molecule has 1 aliphatic rings. The Bertz CT molecular complexity index is 567. The molecule has 2 aromatic rings. The third-order valence-corrected chi connectivity index (χ3v) is 6.14. The predicted octanol–water partition coefficient (Wildman–Crippen LogP) is 4.94. The first-order valence-corrected chi connectivity index (χ1v) is 8.73. The van der Waals surface area contributed by atoms with Crippen molar-refractivity contribution < 1.29 is 0 Å². The standard InChI is InChI=1S/C15H16ClNS2/c1-2-17-14(15-12(16)7-8-18-15)11-9-19-13-6-4-3-5-10(11)13/h3-8,11,14,17H,2,9H2,1H3. The molecule has 2 unspecified atom stereocenters. The highest BCUT2D eigenvalue weighted by Gasteiger charge is 2.32. The van der Waals surface area contributed by atoms with Gasteiger partial charge in [0.15, 0.2) is 0 Å². The summed E-state index contributed by atoms with van der Waals surface area (Å²) in [6.07, 6.45) is 0. The average Bonchev–Trinajstić information content (AvgIpc) is 3.03. The summed E-state index contributed by atoms with van der Waals surface area (Å²) in [7, 11) is 0. The van der Waals surface area contributed by atoms with Crippen molar-refractivity contribution in [1.29, 1.82) is 0 Å². The van der Waals surface area contributed by atoms with Gasteiger partial charge in [-0.25, -0.2) is 0 Å². The van der Waals surface area contributed by atoms with E-state index in [9.17, 15) is 0 Å². The monoisotopic (exact) mass is 309 g/mol. The highest BCUT2D eigenvalue weighted by Crippen LogP contribution is 2.47. The number of thioether (sulfide) groups is 1. The van der Waals surface area contributed by atoms with Gasteiger partial charge in [0.2, 0.25) is 0 Å². The van der Waals surface area contributed by atoms with Gasteiger partial charge in [-0.3, -0.25) is 0 Å². The molecule has 0 radical (unpaired) electrons. The van der Waals surface area contributed by atoms with Crippen LogP contribution in [-0.4, -0.2) is 12.3 Å². The number of benzene rings is 1. The van der Waals surface area contributed by atoms with Gasteiger partial charge in [0.1, 0.15) is 0 Å². The van der Waals surface area contributed by atoms with Crippen LogP contribution in [0.15, 0.2) is 40.6 Å². The number of likely N-dealkylation sites (N-methyl/N-ethyl adjacent to an activating group) is 1. The Kier molecular flexibility index (Phi) is 4.18. The molecule has 0 saturated heterocycles. The number of halogens is 1. The van der Waals surface area contributed by atoms with Gasteiger partial charge in [0, 0.05) is 21.4 Å². The summed E-state index contributed by atoms with van der Waals surface area (Å²) in [6.45, 7) is 3.12. The smallest absolute Gasteiger partial charge is 0.0561 e. The van der Waals surface area contributed by atoms with E-state index in [1.54, 1.807) is 11.3 Å². The molecule has 2 heterocycles. The fourth-order valence-electron chi connectivity index (χ4n) is 2.63. The lowest BCUT2D eigenvalue weighted by Gasteiger charge is -2.24. The van der Waals surface area contributed by atoms with Crippen molar-refractivity contribution in [2.24, 2.45) is 0 Å². The lowest BCUT2D eigenvalue weighted by Crippen LogP contribution is -2.26. The summed E-state index contributed by atoms with van der Waals surface area (Å²) < 4.78 is 0. The summed E-state index contributed by atoms with van der Waals surface area (Å²) in [5.41, 5.74) is 1.46. The Morgan fingerprint density at radius 3 is 2.95 bits per heavy atom. The quantitative estimate of drug-likeness (QED) is 0.858. The maximum Gasteiger partial charge on any atom is 0.0561 e. The van der Waals surface area contributed by atoms with Gasteiger partial charge in [-0.15, -0.1) is 23.1 Å². The van der Waals surface area contributed by atoms with Crippen molar-refractivity contribution in [3.8, 4) is 0 Å². The van der Waals surface area contributed by atoms with Crippen molar-refractivity contribution in [3.05, 3.63) is 51.2 Å². The van der Waals surface area contributed by atoms with E-state index in [0.717, 1.165) is 17.3 Å². The van der Waals surface area contributed by atoms with Crippen LogP contribution in [-0.2, 0) is 0 Å². The molecule has 0 amide bonds. The Hall–Kier alpha value is -0.480. The minimum Gasteiger partial charge on any atom is -0.309 e. The SMILES string of the molecule is CCNC(c1sccc1Cl)C1CSc2ccccc21. The van der Waals surface area contributed by atoms with E-state index in [2.05, 4.69) is 41.9 Å². The van der Waals surface area contributed by atoms with Gasteiger partial charge in [-0.05, 0) is 29.6 Å². The topological polar surface area (TPSA) is 12.0 Å². The minimum absolute atomic E-state index is 0.327. The van der Waals surface area contributed by atoms with Crippen LogP contribution in [0.4, 0.5) is 0 Å². The summed E-state index contributed by atoms with van der Waals surface area (Å²) in [4.78, 5) is 2.69. The molecule has 100 valence electrons. The molecule has 3 rings (SSSR count). The van der Waals surface area contributed by atoms with Crippen LogP contribution in [0.2, 0.25) is 5.02 Å². The van der Waals surface area contributed by atoms with E-state index in [1.807, 2.05) is 17.8 Å². The van der Waals surface area contributed by atoms with Gasteiger partial charge in [0.25, 0.3) is 0 Å². The Morgan fingerprint density at radius 1 is 1.37 bits per heavy atom. The molecule has 1 aromatic heterocycles. The van der Waals surface area contributed by atoms with Gasteiger partial charge in [-0.2, -0.15) is 0 Å². The minimum atomic E-state index is 0.327. The summed E-state index contributed by atoms with van der Waals surface area (Å²) >= 11 is 10.0. The Labute approximate surface area is 127 Å². The van der Waals surface area contributed by atoms with Crippen molar-refractivity contribution in [1.82, 2.24) is 5.32 Å². The number of rotatable bonds is 4. The van der Waals surface area contributed by atoms with E-state index >= 15 is 0 Å². The largest absolute Gasteiger partial charge is 0.309 e. The van der Waals surface area contributed by atoms with Crippen LogP contribution < -0.4 is 5.32 Å². The zero-order valence-corrected chi connectivity index (χ0v) is 13.1. The van der Waals surface area contributed by atoms with E-state index < -0.39 is 0 Å². The molecule has 0 spiro atoms. The van der Waals surface area contributed by atoms with Crippen LogP contribution >= 0.6 is 34.7 Å². The molecule has 1 aromatic carbocycles. The molecule has 2 atom stereocenters. The van der Waals surface area contributed by atoms with E-state index in [1.165, 1.54) is 15.3 Å². The number of hydrogen-bond donors (Lipinski definition) is 1. The van der Waals surface area contributed by atoms with Crippen LogP contribution in [0.5, 0.6) is 0 Å². The second-order valence-electron chi connectivity index (χ2n) is 4.62. The fourth-order valence-corrected chi connectivity index (χ4v) is 5.23. The number of hydrogen-bond acceptors (Lipinski definition) is 3. The highest BCUT2D eigenvalue weighted by atomic mass is 35.5. The molecule has 0 saturated carbocycles. The van der Waals surface area contributed by atoms with Crippen LogP contribution in [0.1, 0.15) is 29.3 Å². The molecular weight excluding hydrogens is 294 g/mol. The second-order valence-corrected chi connectivity index (χ2v) is 7.04. The predicted molar refractivity (Wildman–Crippen MR) is 85.7 cm³/mol. The Morgan fingerprint density at radius 2 is 2.21 bits per heavy atom. The molecule has 1 N–H and O–H groups in total. The molecule has 4 heteroatoms. The van der Waals surface area contributed by atoms with E-state index in [-0.39, 0.29) is 0 Å². The molecule has 1 nitrogen and oxygen atoms in total. The fraction of sp³-hybridized carbons (Fsp3) is 0.333. The van der Waals surface area contributed by atoms with E-state index in [0.29, 0.717) is 12.0 Å². The first kappa shape index (κ1) is 13.5. The van der Waals surface area contributed by atoms with Crippen molar-refractivity contribution in [2.75, 3.05) is 12.3 Å². The van der Waals surface area contributed by atoms with Gasteiger partial charge >= 0.3 is 0 Å². The maximum atomic E-state index is 6.34. The van der Waals surface area contributed by atoms with Crippen molar-refractivity contribution in [3.63, 3.8) is 0 Å². The van der Waals surface area contributed by atoms with Gasteiger partial charge in [-0.1, -0.05) is 36.7 Å². The zero-order chi connectivity index (χ0) is 13.2. The molecule has 0 aliphatic carbocycles. The maximum absolute atomic E-state index is 6.34. The van der Waals surface area contributed by atoms with Crippen LogP contribution in [0, 0.1) is 0 Å². The van der Waals surface area contributed by atoms with Gasteiger partial charge < -0.3 is 5.32 Å². The van der Waals surface area contributed by atoms with E-state index in [4.69, 9.17) is 11.6 Å². The molecule has 19 heavy (non-hydrogen) atoms. The number of nitrogens with one attached hydrogen (secondary N) is 1.